The van der Waals surface area contributed by atoms with Crippen molar-refractivity contribution in [2.75, 3.05) is 32.7 Å². The zero-order chi connectivity index (χ0) is 43.0. The molecule has 10 nitrogen and oxygen atoms in total. The van der Waals surface area contributed by atoms with E-state index in [-0.39, 0.29) is 23.9 Å². The van der Waals surface area contributed by atoms with Gasteiger partial charge >= 0.3 is 0 Å². The Balaban J connectivity index is 0.732. The summed E-state index contributed by atoms with van der Waals surface area (Å²) in [5.74, 6) is 2.61. The van der Waals surface area contributed by atoms with Crippen molar-refractivity contribution in [3.63, 3.8) is 0 Å². The molecule has 1 aliphatic carbocycles. The van der Waals surface area contributed by atoms with Gasteiger partial charge in [-0.15, -0.1) is 0 Å². The van der Waals surface area contributed by atoms with Crippen molar-refractivity contribution in [1.82, 2.24) is 39.5 Å². The van der Waals surface area contributed by atoms with Gasteiger partial charge in [0.1, 0.15) is 11.6 Å². The molecule has 6 aromatic rings. The van der Waals surface area contributed by atoms with Gasteiger partial charge in [-0.2, -0.15) is 0 Å². The minimum absolute atomic E-state index is 0.00778. The van der Waals surface area contributed by atoms with E-state index in [0.29, 0.717) is 24.8 Å². The lowest BCUT2D eigenvalue weighted by Crippen LogP contribution is -2.41. The Hall–Kier alpha value is -5.84. The highest BCUT2D eigenvalue weighted by atomic mass is 16.2. The molecule has 4 saturated heterocycles. The number of H-pyrrole nitrogens is 2. The Kier molecular flexibility index (Phi) is 11.5. The normalized spacial score (nSPS) is 22.3. The first-order valence-corrected chi connectivity index (χ1v) is 24.0. The van der Waals surface area contributed by atoms with Gasteiger partial charge in [-0.3, -0.25) is 19.4 Å². The second-order valence-electron chi connectivity index (χ2n) is 19.1. The molecule has 5 aliphatic rings. The third kappa shape index (κ3) is 8.34. The molecule has 1 saturated carbocycles. The molecule has 2 aromatic heterocycles. The van der Waals surface area contributed by atoms with Crippen LogP contribution in [0.4, 0.5) is 0 Å². The standard InChI is InChI=1S/C54H60N8O2/c63-50(31-41-10-1-3-12-44(41)35-59-25-5-6-26-59)61-29-9-14-49(61)53-55-33-47(57-53)39-19-15-37(16-20-39)38-17-21-40(22-18-38)48-34-56-54(58-48)52-43-23-24-46(30-43)62(52)51(64)32-42-11-2-4-13-45(42)36-60-27-7-8-28-60/h1-4,10-13,15-22,33-34,43,46,49,52H,5-9,14,23-32,35-36H2,(H,55,57)(H,56,58)/t43-,46-,49-,52+/m0/s1. The molecule has 328 valence electrons. The van der Waals surface area contributed by atoms with Gasteiger partial charge in [-0.05, 0) is 134 Å². The highest BCUT2D eigenvalue weighted by molar-refractivity contribution is 5.81. The van der Waals surface area contributed by atoms with Crippen LogP contribution < -0.4 is 0 Å². The maximum atomic E-state index is 14.2. The lowest BCUT2D eigenvalue weighted by molar-refractivity contribution is -0.135. The fourth-order valence-corrected chi connectivity index (χ4v) is 11.7. The van der Waals surface area contributed by atoms with Crippen LogP contribution in [-0.2, 0) is 35.5 Å². The Morgan fingerprint density at radius 3 is 1.61 bits per heavy atom. The zero-order valence-corrected chi connectivity index (χ0v) is 36.9. The number of carbonyl (C=O) groups excluding carboxylic acids is 2. The minimum atomic E-state index is -0.0389. The van der Waals surface area contributed by atoms with Gasteiger partial charge in [0.05, 0.1) is 48.7 Å². The monoisotopic (exact) mass is 852 g/mol. The largest absolute Gasteiger partial charge is 0.340 e. The second kappa shape index (κ2) is 18.0. The van der Waals surface area contributed by atoms with Crippen LogP contribution in [0.15, 0.2) is 109 Å². The number of benzene rings is 4. The molecule has 4 atom stereocenters. The summed E-state index contributed by atoms with van der Waals surface area (Å²) in [5, 5.41) is 0. The maximum absolute atomic E-state index is 14.2. The number of carbonyl (C=O) groups is 2. The minimum Gasteiger partial charge on any atom is -0.340 e. The number of aromatic nitrogens is 4. The van der Waals surface area contributed by atoms with Crippen molar-refractivity contribution in [3.05, 3.63) is 143 Å². The third-order valence-corrected chi connectivity index (χ3v) is 15.1. The summed E-state index contributed by atoms with van der Waals surface area (Å²) < 4.78 is 0. The maximum Gasteiger partial charge on any atom is 0.227 e. The summed E-state index contributed by atoms with van der Waals surface area (Å²) in [4.78, 5) is 54.2. The molecule has 10 heteroatoms. The summed E-state index contributed by atoms with van der Waals surface area (Å²) in [6, 6.07) is 34.5. The Morgan fingerprint density at radius 1 is 0.531 bits per heavy atom. The quantitative estimate of drug-likeness (QED) is 0.120. The molecular formula is C54H60N8O2. The number of aromatic amines is 2. The fourth-order valence-electron chi connectivity index (χ4n) is 11.7. The number of nitrogens with zero attached hydrogens (tertiary/aromatic N) is 6. The molecule has 4 aliphatic heterocycles. The molecule has 0 radical (unpaired) electrons. The van der Waals surface area contributed by atoms with Crippen LogP contribution in [0.5, 0.6) is 0 Å². The van der Waals surface area contributed by atoms with Crippen molar-refractivity contribution >= 4 is 11.8 Å². The summed E-state index contributed by atoms with van der Waals surface area (Å²) in [5.41, 5.74) is 11.2. The van der Waals surface area contributed by atoms with Crippen molar-refractivity contribution < 1.29 is 9.59 Å². The smallest absolute Gasteiger partial charge is 0.227 e. The predicted octanol–water partition coefficient (Wildman–Crippen LogP) is 9.53. The number of rotatable bonds is 13. The average molecular weight is 853 g/mol. The molecule has 4 aromatic carbocycles. The molecule has 2 amide bonds. The van der Waals surface area contributed by atoms with Crippen LogP contribution in [0, 0.1) is 5.92 Å². The van der Waals surface area contributed by atoms with E-state index < -0.39 is 0 Å². The van der Waals surface area contributed by atoms with E-state index in [1.54, 1.807) is 0 Å². The van der Waals surface area contributed by atoms with Gasteiger partial charge in [-0.1, -0.05) is 97.1 Å². The lowest BCUT2D eigenvalue weighted by atomic mass is 9.96. The number of piperidine rings is 1. The summed E-state index contributed by atoms with van der Waals surface area (Å²) >= 11 is 0. The van der Waals surface area contributed by atoms with Crippen LogP contribution in [-0.4, -0.2) is 90.1 Å². The molecule has 2 N–H and O–H groups in total. The van der Waals surface area contributed by atoms with E-state index >= 15 is 0 Å². The van der Waals surface area contributed by atoms with Gasteiger partial charge in [0, 0.05) is 25.7 Å². The van der Waals surface area contributed by atoms with Crippen LogP contribution in [0.25, 0.3) is 33.6 Å². The number of amides is 2. The highest BCUT2D eigenvalue weighted by Crippen LogP contribution is 2.50. The predicted molar refractivity (Wildman–Crippen MR) is 251 cm³/mol. The van der Waals surface area contributed by atoms with Crippen molar-refractivity contribution in [1.29, 1.82) is 0 Å². The first-order valence-electron chi connectivity index (χ1n) is 24.0. The molecule has 11 rings (SSSR count). The van der Waals surface area contributed by atoms with Crippen molar-refractivity contribution in [3.8, 4) is 33.6 Å². The number of hydrogen-bond donors (Lipinski definition) is 2. The van der Waals surface area contributed by atoms with E-state index in [4.69, 9.17) is 9.97 Å². The molecule has 5 fully saturated rings. The highest BCUT2D eigenvalue weighted by Gasteiger charge is 2.49. The molecule has 0 unspecified atom stereocenters. The Bertz CT molecular complexity index is 2580. The van der Waals surface area contributed by atoms with Gasteiger partial charge < -0.3 is 19.8 Å². The van der Waals surface area contributed by atoms with E-state index in [2.05, 4.69) is 122 Å². The van der Waals surface area contributed by atoms with Gasteiger partial charge in [0.25, 0.3) is 0 Å². The molecule has 0 spiro atoms. The molecule has 2 bridgehead atoms. The van der Waals surface area contributed by atoms with E-state index in [1.807, 2.05) is 17.3 Å². The zero-order valence-electron chi connectivity index (χ0n) is 36.9. The number of imidazole rings is 2. The molecule has 64 heavy (non-hydrogen) atoms. The summed E-state index contributed by atoms with van der Waals surface area (Å²) in [6.07, 6.45) is 14.9. The fraction of sp³-hybridized carbons (Fsp3) is 0.407. The topological polar surface area (TPSA) is 104 Å². The van der Waals surface area contributed by atoms with Crippen LogP contribution in [0.3, 0.4) is 0 Å². The Labute approximate surface area is 377 Å². The lowest BCUT2D eigenvalue weighted by Gasteiger charge is -2.34. The van der Waals surface area contributed by atoms with Gasteiger partial charge in [0.2, 0.25) is 11.8 Å². The van der Waals surface area contributed by atoms with E-state index in [9.17, 15) is 9.59 Å². The summed E-state index contributed by atoms with van der Waals surface area (Å²) in [7, 11) is 0. The van der Waals surface area contributed by atoms with E-state index in [0.717, 1.165) is 134 Å². The average Bonchev–Trinajstić information content (AvgIpc) is 4.19. The number of fused-ring (bicyclic) bond motifs is 2. The SMILES string of the molecule is O=C(Cc1ccccc1CN1CCCC1)N1CCC[C@H]1c1ncc(-c2ccc(-c3ccc(-c4cnc([C@H]5[C@H]6CC[C@@H](C6)N5C(=O)Cc5ccccc5CN5CCCC5)[nH]4)cc3)cc2)[nH]1. The summed E-state index contributed by atoms with van der Waals surface area (Å²) in [6.45, 7) is 7.19. The molecule has 6 heterocycles. The number of hydrogen-bond acceptors (Lipinski definition) is 6. The first kappa shape index (κ1) is 40.9. The van der Waals surface area contributed by atoms with Crippen LogP contribution in [0.2, 0.25) is 0 Å². The third-order valence-electron chi connectivity index (χ3n) is 15.1. The van der Waals surface area contributed by atoms with Gasteiger partial charge in [-0.25, -0.2) is 9.97 Å². The van der Waals surface area contributed by atoms with E-state index in [1.165, 1.54) is 36.8 Å². The number of nitrogens with one attached hydrogen (secondary N) is 2. The van der Waals surface area contributed by atoms with Crippen molar-refractivity contribution in [2.45, 2.75) is 102 Å². The first-order chi connectivity index (χ1) is 31.5. The van der Waals surface area contributed by atoms with Gasteiger partial charge in [0.15, 0.2) is 0 Å². The van der Waals surface area contributed by atoms with Crippen LogP contribution in [0.1, 0.15) is 104 Å². The second-order valence-corrected chi connectivity index (χ2v) is 19.1. The molecular weight excluding hydrogens is 793 g/mol. The van der Waals surface area contributed by atoms with Crippen molar-refractivity contribution in [2.24, 2.45) is 5.92 Å². The van der Waals surface area contributed by atoms with Crippen LogP contribution >= 0.6 is 0 Å². The number of likely N-dealkylation sites (tertiary alicyclic amines) is 4. The Morgan fingerprint density at radius 2 is 1.03 bits per heavy atom.